The number of urea groups is 1. The maximum Gasteiger partial charge on any atom is 0.318 e. The monoisotopic (exact) mass is 337 g/mol. The van der Waals surface area contributed by atoms with Gasteiger partial charge in [0.25, 0.3) is 0 Å². The van der Waals surface area contributed by atoms with Crippen LogP contribution in [-0.2, 0) is 13.0 Å². The van der Waals surface area contributed by atoms with Crippen LogP contribution in [0.15, 0.2) is 48.7 Å². The first-order chi connectivity index (χ1) is 12.1. The molecule has 6 nitrogen and oxygen atoms in total. The van der Waals surface area contributed by atoms with Crippen LogP contribution in [0.5, 0.6) is 0 Å². The van der Waals surface area contributed by atoms with Gasteiger partial charge in [0.15, 0.2) is 11.5 Å². The first kappa shape index (κ1) is 17.0. The summed E-state index contributed by atoms with van der Waals surface area (Å²) in [6, 6.07) is 13.7. The smallest absolute Gasteiger partial charge is 0.318 e. The molecule has 0 aliphatic rings. The third-order valence-electron chi connectivity index (χ3n) is 4.27. The third kappa shape index (κ3) is 3.79. The molecule has 6 heteroatoms. The van der Waals surface area contributed by atoms with Crippen molar-refractivity contribution in [2.24, 2.45) is 0 Å². The molecule has 1 atom stereocenters. The molecular weight excluding hydrogens is 314 g/mol. The summed E-state index contributed by atoms with van der Waals surface area (Å²) < 4.78 is 1.88. The van der Waals surface area contributed by atoms with E-state index in [-0.39, 0.29) is 12.1 Å². The van der Waals surface area contributed by atoms with Crippen molar-refractivity contribution in [2.75, 3.05) is 7.05 Å². The van der Waals surface area contributed by atoms with Crippen LogP contribution in [0.4, 0.5) is 4.79 Å². The summed E-state index contributed by atoms with van der Waals surface area (Å²) in [5, 5.41) is 11.3. The van der Waals surface area contributed by atoms with E-state index in [0.717, 1.165) is 17.6 Å². The molecule has 1 unspecified atom stereocenters. The Labute approximate surface area is 147 Å². The molecule has 2 amide bonds. The van der Waals surface area contributed by atoms with Gasteiger partial charge in [-0.25, -0.2) is 4.79 Å². The summed E-state index contributed by atoms with van der Waals surface area (Å²) in [5.74, 6) is 0.713. The molecule has 0 aliphatic carbocycles. The molecule has 0 spiro atoms. The summed E-state index contributed by atoms with van der Waals surface area (Å²) in [5.41, 5.74) is 3.17. The van der Waals surface area contributed by atoms with Crippen molar-refractivity contribution in [1.29, 1.82) is 0 Å². The second kappa shape index (κ2) is 7.34. The van der Waals surface area contributed by atoms with Crippen molar-refractivity contribution < 1.29 is 4.79 Å². The van der Waals surface area contributed by atoms with E-state index in [4.69, 9.17) is 0 Å². The van der Waals surface area contributed by atoms with Crippen molar-refractivity contribution >= 4 is 11.7 Å². The number of aromatic nitrogens is 3. The summed E-state index contributed by atoms with van der Waals surface area (Å²) in [7, 11) is 1.79. The van der Waals surface area contributed by atoms with Gasteiger partial charge < -0.3 is 10.2 Å². The van der Waals surface area contributed by atoms with Crippen LogP contribution in [0.1, 0.15) is 36.8 Å². The van der Waals surface area contributed by atoms with E-state index in [1.807, 2.05) is 35.7 Å². The second-order valence-corrected chi connectivity index (χ2v) is 6.18. The van der Waals surface area contributed by atoms with E-state index >= 15 is 0 Å². The number of rotatable bonds is 5. The van der Waals surface area contributed by atoms with Gasteiger partial charge in [-0.05, 0) is 36.6 Å². The third-order valence-corrected chi connectivity index (χ3v) is 4.27. The van der Waals surface area contributed by atoms with Crippen molar-refractivity contribution in [3.63, 3.8) is 0 Å². The second-order valence-electron chi connectivity index (χ2n) is 6.18. The minimum Gasteiger partial charge on any atom is -0.328 e. The molecule has 0 saturated carbocycles. The molecule has 1 aromatic carbocycles. The summed E-state index contributed by atoms with van der Waals surface area (Å²) in [6.45, 7) is 4.60. The molecule has 0 saturated heterocycles. The number of carbonyl (C=O) groups excluding carboxylic acids is 1. The molecule has 0 aliphatic heterocycles. The fourth-order valence-electron chi connectivity index (χ4n) is 2.74. The topological polar surface area (TPSA) is 62.5 Å². The maximum absolute atomic E-state index is 12.5. The molecule has 25 heavy (non-hydrogen) atoms. The van der Waals surface area contributed by atoms with Crippen LogP contribution in [0.25, 0.3) is 5.65 Å². The summed E-state index contributed by atoms with van der Waals surface area (Å²) in [4.78, 5) is 14.1. The first-order valence-electron chi connectivity index (χ1n) is 8.47. The highest BCUT2D eigenvalue weighted by molar-refractivity contribution is 5.74. The van der Waals surface area contributed by atoms with Gasteiger partial charge in [-0.2, -0.15) is 0 Å². The highest BCUT2D eigenvalue weighted by atomic mass is 16.2. The van der Waals surface area contributed by atoms with Gasteiger partial charge in [-0.3, -0.25) is 4.40 Å². The number of carbonyl (C=O) groups is 1. The number of fused-ring (bicyclic) bond motifs is 1. The quantitative estimate of drug-likeness (QED) is 0.778. The van der Waals surface area contributed by atoms with Gasteiger partial charge in [-0.1, -0.05) is 37.3 Å². The number of aryl methyl sites for hydroxylation is 1. The molecule has 0 bridgehead atoms. The number of amides is 2. The minimum absolute atomic E-state index is 0.139. The Morgan fingerprint density at radius 2 is 1.88 bits per heavy atom. The minimum atomic E-state index is -0.241. The zero-order chi connectivity index (χ0) is 17.8. The van der Waals surface area contributed by atoms with E-state index in [0.29, 0.717) is 12.4 Å². The van der Waals surface area contributed by atoms with Crippen LogP contribution in [0, 0.1) is 0 Å². The Morgan fingerprint density at radius 1 is 1.16 bits per heavy atom. The van der Waals surface area contributed by atoms with Gasteiger partial charge in [-0.15, -0.1) is 10.2 Å². The summed E-state index contributed by atoms with van der Waals surface area (Å²) in [6.07, 6.45) is 2.91. The lowest BCUT2D eigenvalue weighted by molar-refractivity contribution is 0.203. The molecule has 130 valence electrons. The molecule has 2 aromatic heterocycles. The van der Waals surface area contributed by atoms with Crippen molar-refractivity contribution in [3.8, 4) is 0 Å². The number of hydrogen-bond donors (Lipinski definition) is 1. The Hall–Kier alpha value is -2.89. The Morgan fingerprint density at radius 3 is 2.60 bits per heavy atom. The van der Waals surface area contributed by atoms with E-state index < -0.39 is 0 Å². The van der Waals surface area contributed by atoms with E-state index in [2.05, 4.69) is 46.7 Å². The van der Waals surface area contributed by atoms with Gasteiger partial charge in [0.2, 0.25) is 0 Å². The lowest BCUT2D eigenvalue weighted by Gasteiger charge is -2.21. The molecule has 3 aromatic rings. The van der Waals surface area contributed by atoms with Crippen LogP contribution in [0.3, 0.4) is 0 Å². The predicted octanol–water partition coefficient (Wildman–Crippen LogP) is 3.19. The standard InChI is InChI=1S/C19H23N5O/c1-4-15-8-10-16(11-9-15)13-23(3)19(25)20-14(2)18-22-21-17-7-5-6-12-24(17)18/h5-12,14H,4,13H2,1-3H3,(H,20,25). The number of nitrogens with one attached hydrogen (secondary N) is 1. The van der Waals surface area contributed by atoms with Crippen LogP contribution < -0.4 is 5.32 Å². The largest absolute Gasteiger partial charge is 0.328 e. The first-order valence-corrected chi connectivity index (χ1v) is 8.47. The Kier molecular flexibility index (Phi) is 4.97. The number of nitrogens with zero attached hydrogens (tertiary/aromatic N) is 4. The number of hydrogen-bond acceptors (Lipinski definition) is 3. The maximum atomic E-state index is 12.5. The van der Waals surface area contributed by atoms with Crippen LogP contribution in [0.2, 0.25) is 0 Å². The van der Waals surface area contributed by atoms with Gasteiger partial charge in [0.05, 0.1) is 6.04 Å². The molecule has 3 rings (SSSR count). The molecule has 2 heterocycles. The van der Waals surface area contributed by atoms with Gasteiger partial charge in [0, 0.05) is 19.8 Å². The molecule has 1 N–H and O–H groups in total. The van der Waals surface area contributed by atoms with Gasteiger partial charge in [0.1, 0.15) is 0 Å². The lowest BCUT2D eigenvalue weighted by Crippen LogP contribution is -2.38. The number of benzene rings is 1. The predicted molar refractivity (Wildman–Crippen MR) is 97.2 cm³/mol. The summed E-state index contributed by atoms with van der Waals surface area (Å²) >= 11 is 0. The molecular formula is C19H23N5O. The zero-order valence-electron chi connectivity index (χ0n) is 14.8. The average Bonchev–Trinajstić information content (AvgIpc) is 3.06. The van der Waals surface area contributed by atoms with E-state index in [9.17, 15) is 4.79 Å². The SMILES string of the molecule is CCc1ccc(CN(C)C(=O)NC(C)c2nnc3ccccn23)cc1. The fraction of sp³-hybridized carbons (Fsp3) is 0.316. The highest BCUT2D eigenvalue weighted by Crippen LogP contribution is 2.13. The Bertz CT molecular complexity index is 856. The Balaban J connectivity index is 1.64. The van der Waals surface area contributed by atoms with Gasteiger partial charge >= 0.3 is 6.03 Å². The van der Waals surface area contributed by atoms with Crippen molar-refractivity contribution in [1.82, 2.24) is 24.8 Å². The van der Waals surface area contributed by atoms with Crippen LogP contribution >= 0.6 is 0 Å². The lowest BCUT2D eigenvalue weighted by atomic mass is 10.1. The molecule has 0 fully saturated rings. The van der Waals surface area contributed by atoms with E-state index in [1.54, 1.807) is 11.9 Å². The normalized spacial score (nSPS) is 12.1. The molecule has 0 radical (unpaired) electrons. The van der Waals surface area contributed by atoms with Crippen molar-refractivity contribution in [3.05, 3.63) is 65.6 Å². The average molecular weight is 337 g/mol. The van der Waals surface area contributed by atoms with E-state index in [1.165, 1.54) is 5.56 Å². The number of pyridine rings is 1. The van der Waals surface area contributed by atoms with Crippen molar-refractivity contribution in [2.45, 2.75) is 32.9 Å². The van der Waals surface area contributed by atoms with Crippen LogP contribution in [-0.4, -0.2) is 32.6 Å². The fourth-order valence-corrected chi connectivity index (χ4v) is 2.74. The highest BCUT2D eigenvalue weighted by Gasteiger charge is 2.18. The zero-order valence-corrected chi connectivity index (χ0v) is 14.8.